The highest BCUT2D eigenvalue weighted by molar-refractivity contribution is 5.49. The van der Waals surface area contributed by atoms with E-state index in [0.717, 1.165) is 11.1 Å². The van der Waals surface area contributed by atoms with E-state index in [-0.39, 0.29) is 0 Å². The molecule has 0 spiro atoms. The maximum Gasteiger partial charge on any atom is 0.240 e. The zero-order valence-electron chi connectivity index (χ0n) is 8.52. The second-order valence-corrected chi connectivity index (χ2v) is 3.25. The molecule has 0 heterocycles. The van der Waals surface area contributed by atoms with E-state index < -0.39 is 6.04 Å². The summed E-state index contributed by atoms with van der Waals surface area (Å²) in [6, 6.07) is -0.399. The lowest BCUT2D eigenvalue weighted by Gasteiger charge is -2.14. The van der Waals surface area contributed by atoms with Gasteiger partial charge in [-0.25, -0.2) is 9.59 Å². The van der Waals surface area contributed by atoms with Gasteiger partial charge in [-0.05, 0) is 31.6 Å². The van der Waals surface area contributed by atoms with Crippen LogP contribution in [0.5, 0.6) is 0 Å². The standard InChI is InChI=1S/C11H10N2O2/c1-8(2)10-4-3-9(12-6-14)5-11(10)13-7-15/h3-5,11H,1-2H3. The maximum absolute atomic E-state index is 10.2. The van der Waals surface area contributed by atoms with E-state index in [2.05, 4.69) is 9.98 Å². The number of aliphatic imine (C=N–C) groups is 2. The summed E-state index contributed by atoms with van der Waals surface area (Å²) in [7, 11) is 0. The quantitative estimate of drug-likeness (QED) is 0.506. The van der Waals surface area contributed by atoms with Crippen LogP contribution in [0.25, 0.3) is 0 Å². The number of rotatable bonds is 2. The van der Waals surface area contributed by atoms with Gasteiger partial charge in [-0.15, -0.1) is 0 Å². The normalized spacial score (nSPS) is 18.7. The molecule has 15 heavy (non-hydrogen) atoms. The molecule has 76 valence electrons. The summed E-state index contributed by atoms with van der Waals surface area (Å²) >= 11 is 0. The van der Waals surface area contributed by atoms with Gasteiger partial charge in [0, 0.05) is 0 Å². The molecular weight excluding hydrogens is 192 g/mol. The molecule has 1 unspecified atom stereocenters. The first-order valence-electron chi connectivity index (χ1n) is 4.41. The molecule has 0 aliphatic heterocycles. The third-order valence-corrected chi connectivity index (χ3v) is 2.02. The highest BCUT2D eigenvalue weighted by Crippen LogP contribution is 2.22. The van der Waals surface area contributed by atoms with Gasteiger partial charge in [-0.2, -0.15) is 9.98 Å². The Kier molecular flexibility index (Phi) is 3.69. The van der Waals surface area contributed by atoms with Gasteiger partial charge in [0.1, 0.15) is 6.04 Å². The summed E-state index contributed by atoms with van der Waals surface area (Å²) in [5, 5.41) is 0. The molecule has 0 radical (unpaired) electrons. The second kappa shape index (κ2) is 5.01. The van der Waals surface area contributed by atoms with Crippen LogP contribution < -0.4 is 0 Å². The molecule has 0 bridgehead atoms. The lowest BCUT2D eigenvalue weighted by Crippen LogP contribution is -2.08. The highest BCUT2D eigenvalue weighted by Gasteiger charge is 2.14. The van der Waals surface area contributed by atoms with Crippen LogP contribution in [-0.4, -0.2) is 18.2 Å². The molecule has 0 aromatic heterocycles. The summed E-state index contributed by atoms with van der Waals surface area (Å²) in [5.74, 6) is 0. The van der Waals surface area contributed by atoms with Crippen LogP contribution in [0.2, 0.25) is 0 Å². The molecule has 1 aliphatic carbocycles. The molecule has 0 saturated carbocycles. The van der Waals surface area contributed by atoms with Gasteiger partial charge in [0.15, 0.2) is 0 Å². The Balaban J connectivity index is 3.15. The van der Waals surface area contributed by atoms with E-state index in [0.29, 0.717) is 5.70 Å². The first-order chi connectivity index (χ1) is 7.19. The van der Waals surface area contributed by atoms with Crippen molar-refractivity contribution in [3.8, 4) is 0 Å². The fourth-order valence-electron chi connectivity index (χ4n) is 1.33. The van der Waals surface area contributed by atoms with E-state index in [1.54, 1.807) is 18.2 Å². The van der Waals surface area contributed by atoms with Crippen LogP contribution >= 0.6 is 0 Å². The average Bonchev–Trinajstić information content (AvgIpc) is 2.18. The molecule has 1 aliphatic rings. The smallest absolute Gasteiger partial charge is 0.211 e. The molecule has 0 aromatic rings. The van der Waals surface area contributed by atoms with Crippen molar-refractivity contribution in [1.82, 2.24) is 0 Å². The van der Waals surface area contributed by atoms with E-state index in [1.165, 1.54) is 12.2 Å². The molecule has 0 saturated heterocycles. The first-order valence-corrected chi connectivity index (χ1v) is 4.41. The van der Waals surface area contributed by atoms with Crippen LogP contribution in [0.4, 0.5) is 0 Å². The Labute approximate surface area is 87.4 Å². The topological polar surface area (TPSA) is 58.9 Å². The Morgan fingerprint density at radius 3 is 2.53 bits per heavy atom. The molecule has 4 nitrogen and oxygen atoms in total. The minimum absolute atomic E-state index is 0.399. The molecule has 1 atom stereocenters. The zero-order chi connectivity index (χ0) is 11.3. The SMILES string of the molecule is CC(C)=C1C=CC(N=C=O)=CC1N=C=O. The maximum atomic E-state index is 10.2. The van der Waals surface area contributed by atoms with E-state index in [4.69, 9.17) is 0 Å². The predicted molar refractivity (Wildman–Crippen MR) is 55.6 cm³/mol. The Bertz CT molecular complexity index is 441. The summed E-state index contributed by atoms with van der Waals surface area (Å²) in [5.41, 5.74) is 2.43. The summed E-state index contributed by atoms with van der Waals surface area (Å²) in [4.78, 5) is 27.4. The molecule has 1 rings (SSSR count). The number of hydrogen-bond donors (Lipinski definition) is 0. The van der Waals surface area contributed by atoms with Gasteiger partial charge in [-0.3, -0.25) is 0 Å². The predicted octanol–water partition coefficient (Wildman–Crippen LogP) is 1.82. The second-order valence-electron chi connectivity index (χ2n) is 3.25. The third-order valence-electron chi connectivity index (χ3n) is 2.02. The van der Waals surface area contributed by atoms with E-state index >= 15 is 0 Å². The van der Waals surface area contributed by atoms with Crippen LogP contribution in [0.1, 0.15) is 13.8 Å². The van der Waals surface area contributed by atoms with Gasteiger partial charge in [0.2, 0.25) is 12.2 Å². The van der Waals surface area contributed by atoms with Crippen molar-refractivity contribution in [3.63, 3.8) is 0 Å². The van der Waals surface area contributed by atoms with Crippen molar-refractivity contribution < 1.29 is 9.59 Å². The fourth-order valence-corrected chi connectivity index (χ4v) is 1.33. The van der Waals surface area contributed by atoms with E-state index in [9.17, 15) is 9.59 Å². The van der Waals surface area contributed by atoms with Gasteiger partial charge >= 0.3 is 0 Å². The summed E-state index contributed by atoms with van der Waals surface area (Å²) in [6.07, 6.45) is 8.05. The third kappa shape index (κ3) is 2.71. The Morgan fingerprint density at radius 1 is 1.27 bits per heavy atom. The summed E-state index contributed by atoms with van der Waals surface area (Å²) in [6.45, 7) is 3.85. The number of carbonyl (C=O) groups excluding carboxylic acids is 2. The molecule has 0 amide bonds. The van der Waals surface area contributed by atoms with Crippen molar-refractivity contribution >= 4 is 12.2 Å². The number of nitrogens with zero attached hydrogens (tertiary/aromatic N) is 2. The first kappa shape index (κ1) is 11.1. The van der Waals surface area contributed by atoms with Gasteiger partial charge in [0.05, 0.1) is 5.70 Å². The minimum Gasteiger partial charge on any atom is -0.211 e. The van der Waals surface area contributed by atoms with Crippen molar-refractivity contribution in [2.75, 3.05) is 0 Å². The van der Waals surface area contributed by atoms with Gasteiger partial charge < -0.3 is 0 Å². The van der Waals surface area contributed by atoms with Crippen LogP contribution in [0, 0.1) is 0 Å². The molecule has 0 N–H and O–H groups in total. The van der Waals surface area contributed by atoms with E-state index in [1.807, 2.05) is 13.8 Å². The zero-order valence-corrected chi connectivity index (χ0v) is 8.52. The lowest BCUT2D eigenvalue weighted by atomic mass is 9.97. The number of allylic oxidation sites excluding steroid dienone is 2. The fraction of sp³-hybridized carbons (Fsp3) is 0.273. The minimum atomic E-state index is -0.399. The largest absolute Gasteiger partial charge is 0.240 e. The van der Waals surface area contributed by atoms with Crippen molar-refractivity contribution in [2.45, 2.75) is 19.9 Å². The van der Waals surface area contributed by atoms with Crippen molar-refractivity contribution in [3.05, 3.63) is 35.1 Å². The Morgan fingerprint density at radius 2 is 2.00 bits per heavy atom. The Hall–Kier alpha value is -2.02. The van der Waals surface area contributed by atoms with Crippen molar-refractivity contribution in [1.29, 1.82) is 0 Å². The monoisotopic (exact) mass is 202 g/mol. The van der Waals surface area contributed by atoms with Gasteiger partial charge in [0.25, 0.3) is 0 Å². The number of hydrogen-bond acceptors (Lipinski definition) is 4. The van der Waals surface area contributed by atoms with Crippen LogP contribution in [0.3, 0.4) is 0 Å². The number of isocyanates is 2. The highest BCUT2D eigenvalue weighted by atomic mass is 16.1. The average molecular weight is 202 g/mol. The molecule has 4 heteroatoms. The van der Waals surface area contributed by atoms with Crippen LogP contribution in [0.15, 0.2) is 45.1 Å². The molecule has 0 aromatic carbocycles. The molecule has 0 fully saturated rings. The van der Waals surface area contributed by atoms with Gasteiger partial charge in [-0.1, -0.05) is 11.6 Å². The molecular formula is C11H10N2O2. The lowest BCUT2D eigenvalue weighted by molar-refractivity contribution is 0.562. The van der Waals surface area contributed by atoms with Crippen LogP contribution in [-0.2, 0) is 9.59 Å². The van der Waals surface area contributed by atoms with Crippen molar-refractivity contribution in [2.24, 2.45) is 9.98 Å². The summed E-state index contributed by atoms with van der Waals surface area (Å²) < 4.78 is 0.